The van der Waals surface area contributed by atoms with Crippen LogP contribution in [0.4, 0.5) is 5.69 Å². The van der Waals surface area contributed by atoms with E-state index in [4.69, 9.17) is 0 Å². The van der Waals surface area contributed by atoms with Crippen molar-refractivity contribution >= 4 is 28.8 Å². The molecule has 2 aromatic carbocycles. The van der Waals surface area contributed by atoms with E-state index in [2.05, 4.69) is 28.5 Å². The van der Waals surface area contributed by atoms with Crippen LogP contribution in [0.2, 0.25) is 0 Å². The fourth-order valence-electron chi connectivity index (χ4n) is 5.23. The van der Waals surface area contributed by atoms with Crippen LogP contribution in [0.5, 0.6) is 0 Å². The lowest BCUT2D eigenvalue weighted by Gasteiger charge is -2.42. The molecule has 36 heavy (non-hydrogen) atoms. The Balaban J connectivity index is 1.27. The number of carbonyl (C=O) groups is 2. The SMILES string of the molecule is C[C@@H](C(=O)N1CCN(C(=O)c2cccc([N+](=O)[O-])c2)CC1)N1CCc2sccc2[C@H]1c1ccccc1. The van der Waals surface area contributed by atoms with Crippen LogP contribution in [0.25, 0.3) is 0 Å². The van der Waals surface area contributed by atoms with E-state index in [0.717, 1.165) is 13.0 Å². The lowest BCUT2D eigenvalue weighted by Crippen LogP contribution is -2.56. The van der Waals surface area contributed by atoms with Crippen LogP contribution in [0.15, 0.2) is 66.0 Å². The standard InChI is InChI=1S/C27H28N4O4S/c1-19(30-12-10-24-23(11-17-36-24)25(30)20-6-3-2-4-7-20)26(32)28-13-15-29(16-14-28)27(33)21-8-5-9-22(18-21)31(34)35/h2-9,11,17-19,25H,10,12-16H2,1H3/t19-,25+/m0/s1. The Hall–Kier alpha value is -3.56. The summed E-state index contributed by atoms with van der Waals surface area (Å²) in [5.41, 5.74) is 2.66. The quantitative estimate of drug-likeness (QED) is 0.388. The third-order valence-electron chi connectivity index (χ3n) is 7.16. The lowest BCUT2D eigenvalue weighted by atomic mass is 9.92. The molecule has 2 aliphatic rings. The summed E-state index contributed by atoms with van der Waals surface area (Å²) in [4.78, 5) is 44.3. The second-order valence-corrected chi connectivity index (χ2v) is 10.2. The fourth-order valence-corrected chi connectivity index (χ4v) is 6.13. The zero-order valence-corrected chi connectivity index (χ0v) is 20.9. The molecule has 0 N–H and O–H groups in total. The van der Waals surface area contributed by atoms with Crippen LogP contribution < -0.4 is 0 Å². The maximum atomic E-state index is 13.6. The number of nitrogens with zero attached hydrogens (tertiary/aromatic N) is 4. The molecule has 0 unspecified atom stereocenters. The summed E-state index contributed by atoms with van der Waals surface area (Å²) in [7, 11) is 0. The molecule has 2 atom stereocenters. The number of amides is 2. The molecule has 3 heterocycles. The highest BCUT2D eigenvalue weighted by atomic mass is 32.1. The molecule has 1 saturated heterocycles. The van der Waals surface area contributed by atoms with Crippen molar-refractivity contribution in [2.24, 2.45) is 0 Å². The van der Waals surface area contributed by atoms with Gasteiger partial charge >= 0.3 is 0 Å². The van der Waals surface area contributed by atoms with Crippen LogP contribution in [0, 0.1) is 10.1 Å². The van der Waals surface area contributed by atoms with Gasteiger partial charge in [0.2, 0.25) is 5.91 Å². The maximum absolute atomic E-state index is 13.6. The number of benzene rings is 2. The lowest BCUT2D eigenvalue weighted by molar-refractivity contribution is -0.384. The first-order valence-electron chi connectivity index (χ1n) is 12.1. The predicted molar refractivity (Wildman–Crippen MR) is 138 cm³/mol. The highest BCUT2D eigenvalue weighted by Crippen LogP contribution is 2.39. The average Bonchev–Trinajstić information content (AvgIpc) is 3.41. The van der Waals surface area contributed by atoms with Gasteiger partial charge < -0.3 is 9.80 Å². The number of carbonyl (C=O) groups excluding carboxylic acids is 2. The zero-order valence-electron chi connectivity index (χ0n) is 20.1. The van der Waals surface area contributed by atoms with Gasteiger partial charge in [-0.1, -0.05) is 36.4 Å². The first-order valence-corrected chi connectivity index (χ1v) is 13.0. The zero-order chi connectivity index (χ0) is 25.2. The van der Waals surface area contributed by atoms with Crippen molar-refractivity contribution < 1.29 is 14.5 Å². The Morgan fingerprint density at radius 2 is 1.69 bits per heavy atom. The Morgan fingerprint density at radius 3 is 2.42 bits per heavy atom. The van der Waals surface area contributed by atoms with Crippen molar-refractivity contribution in [3.63, 3.8) is 0 Å². The van der Waals surface area contributed by atoms with E-state index < -0.39 is 4.92 Å². The predicted octanol–water partition coefficient (Wildman–Crippen LogP) is 3.98. The summed E-state index contributed by atoms with van der Waals surface area (Å²) in [6.07, 6.45) is 0.930. The summed E-state index contributed by atoms with van der Waals surface area (Å²) < 4.78 is 0. The summed E-state index contributed by atoms with van der Waals surface area (Å²) in [5.74, 6) is -0.180. The minimum absolute atomic E-state index is 0.0388. The number of non-ortho nitro benzene ring substituents is 1. The highest BCUT2D eigenvalue weighted by molar-refractivity contribution is 7.10. The minimum Gasteiger partial charge on any atom is -0.338 e. The number of nitro groups is 1. The summed E-state index contributed by atoms with van der Waals surface area (Å²) >= 11 is 1.78. The summed E-state index contributed by atoms with van der Waals surface area (Å²) in [5, 5.41) is 13.2. The van der Waals surface area contributed by atoms with Gasteiger partial charge in [-0.15, -0.1) is 11.3 Å². The van der Waals surface area contributed by atoms with Gasteiger partial charge in [0.05, 0.1) is 17.0 Å². The van der Waals surface area contributed by atoms with Gasteiger partial charge in [0, 0.05) is 55.3 Å². The van der Waals surface area contributed by atoms with E-state index in [9.17, 15) is 19.7 Å². The Bertz CT molecular complexity index is 1270. The van der Waals surface area contributed by atoms with Gasteiger partial charge in [-0.25, -0.2) is 0 Å². The smallest absolute Gasteiger partial charge is 0.270 e. The Kier molecular flexibility index (Phi) is 6.84. The van der Waals surface area contributed by atoms with Crippen molar-refractivity contribution in [1.29, 1.82) is 0 Å². The fraction of sp³-hybridized carbons (Fsp3) is 0.333. The number of rotatable bonds is 5. The number of fused-ring (bicyclic) bond motifs is 1. The van der Waals surface area contributed by atoms with Gasteiger partial charge in [0.15, 0.2) is 0 Å². The third kappa shape index (κ3) is 4.64. The maximum Gasteiger partial charge on any atom is 0.270 e. The molecule has 3 aromatic rings. The molecule has 1 aromatic heterocycles. The highest BCUT2D eigenvalue weighted by Gasteiger charge is 2.37. The molecule has 0 spiro atoms. The van der Waals surface area contributed by atoms with Gasteiger partial charge in [0.25, 0.3) is 11.6 Å². The second-order valence-electron chi connectivity index (χ2n) is 9.20. The molecule has 186 valence electrons. The number of hydrogen-bond acceptors (Lipinski definition) is 6. The molecular formula is C27H28N4O4S. The monoisotopic (exact) mass is 504 g/mol. The van der Waals surface area contributed by atoms with E-state index >= 15 is 0 Å². The van der Waals surface area contributed by atoms with E-state index in [1.165, 1.54) is 34.2 Å². The van der Waals surface area contributed by atoms with Crippen LogP contribution in [-0.2, 0) is 11.2 Å². The molecule has 5 rings (SSSR count). The van der Waals surface area contributed by atoms with Crippen molar-refractivity contribution in [3.8, 4) is 0 Å². The molecule has 9 heteroatoms. The van der Waals surface area contributed by atoms with E-state index in [1.54, 1.807) is 22.3 Å². The minimum atomic E-state index is -0.503. The largest absolute Gasteiger partial charge is 0.338 e. The Labute approximate surface area is 213 Å². The van der Waals surface area contributed by atoms with E-state index in [0.29, 0.717) is 31.7 Å². The number of nitro benzene ring substituents is 1. The molecule has 8 nitrogen and oxygen atoms in total. The molecule has 2 amide bonds. The molecule has 0 bridgehead atoms. The van der Waals surface area contributed by atoms with Gasteiger partial charge in [-0.2, -0.15) is 0 Å². The van der Waals surface area contributed by atoms with Crippen LogP contribution >= 0.6 is 11.3 Å². The number of hydrogen-bond donors (Lipinski definition) is 0. The third-order valence-corrected chi connectivity index (χ3v) is 8.15. The van der Waals surface area contributed by atoms with Crippen molar-refractivity contribution in [2.75, 3.05) is 32.7 Å². The van der Waals surface area contributed by atoms with Gasteiger partial charge in [-0.3, -0.25) is 24.6 Å². The topological polar surface area (TPSA) is 87.0 Å². The van der Waals surface area contributed by atoms with Crippen LogP contribution in [0.1, 0.15) is 39.3 Å². The molecule has 2 aliphatic heterocycles. The molecule has 0 radical (unpaired) electrons. The molecular weight excluding hydrogens is 476 g/mol. The summed E-state index contributed by atoms with van der Waals surface area (Å²) in [6, 6.07) is 18.0. The molecule has 0 aliphatic carbocycles. The second kappa shape index (κ2) is 10.2. The molecule has 1 fully saturated rings. The van der Waals surface area contributed by atoms with E-state index in [1.807, 2.05) is 30.0 Å². The van der Waals surface area contributed by atoms with Gasteiger partial charge in [-0.05, 0) is 42.0 Å². The normalized spacial score (nSPS) is 19.0. The average molecular weight is 505 g/mol. The van der Waals surface area contributed by atoms with Crippen LogP contribution in [0.3, 0.4) is 0 Å². The van der Waals surface area contributed by atoms with Crippen molar-refractivity contribution in [2.45, 2.75) is 25.4 Å². The Morgan fingerprint density at radius 1 is 0.972 bits per heavy atom. The summed E-state index contributed by atoms with van der Waals surface area (Å²) in [6.45, 7) is 4.48. The van der Waals surface area contributed by atoms with Crippen molar-refractivity contribution in [1.82, 2.24) is 14.7 Å². The van der Waals surface area contributed by atoms with Crippen molar-refractivity contribution in [3.05, 3.63) is 97.7 Å². The van der Waals surface area contributed by atoms with E-state index in [-0.39, 0.29) is 29.6 Å². The first-order chi connectivity index (χ1) is 17.4. The van der Waals surface area contributed by atoms with Gasteiger partial charge in [0.1, 0.15) is 0 Å². The number of thiophene rings is 1. The molecule has 0 saturated carbocycles. The van der Waals surface area contributed by atoms with Crippen LogP contribution in [-0.4, -0.2) is 70.2 Å². The first kappa shape index (κ1) is 24.1. The number of piperazine rings is 1.